The van der Waals surface area contributed by atoms with E-state index in [2.05, 4.69) is 10.6 Å². The molecule has 20 heavy (non-hydrogen) atoms. The van der Waals surface area contributed by atoms with Crippen LogP contribution in [0, 0.1) is 5.92 Å². The molecule has 1 aromatic carbocycles. The SMILES string of the molecule is CNCC(C)C(=O)NCc1ccccc1OC1CCC1. The van der Waals surface area contributed by atoms with Crippen molar-refractivity contribution in [1.29, 1.82) is 0 Å². The molecule has 0 saturated heterocycles. The molecule has 1 aromatic rings. The molecule has 4 heteroatoms. The van der Waals surface area contributed by atoms with E-state index in [4.69, 9.17) is 4.74 Å². The lowest BCUT2D eigenvalue weighted by Gasteiger charge is -2.27. The van der Waals surface area contributed by atoms with Crippen LogP contribution < -0.4 is 15.4 Å². The van der Waals surface area contributed by atoms with Gasteiger partial charge in [-0.3, -0.25) is 4.79 Å². The zero-order valence-electron chi connectivity index (χ0n) is 12.3. The van der Waals surface area contributed by atoms with Crippen molar-refractivity contribution in [1.82, 2.24) is 10.6 Å². The van der Waals surface area contributed by atoms with Gasteiger partial charge in [0.05, 0.1) is 6.10 Å². The molecule has 0 heterocycles. The number of carbonyl (C=O) groups is 1. The maximum absolute atomic E-state index is 11.9. The van der Waals surface area contributed by atoms with Crippen molar-refractivity contribution in [3.05, 3.63) is 29.8 Å². The molecule has 1 saturated carbocycles. The fraction of sp³-hybridized carbons (Fsp3) is 0.562. The maximum Gasteiger partial charge on any atom is 0.224 e. The van der Waals surface area contributed by atoms with E-state index in [1.807, 2.05) is 38.2 Å². The van der Waals surface area contributed by atoms with Gasteiger partial charge in [0.15, 0.2) is 0 Å². The third-order valence-corrected chi connectivity index (χ3v) is 3.73. The minimum atomic E-state index is -0.0280. The summed E-state index contributed by atoms with van der Waals surface area (Å²) in [5.41, 5.74) is 1.05. The predicted molar refractivity (Wildman–Crippen MR) is 79.6 cm³/mol. The van der Waals surface area contributed by atoms with Crippen LogP contribution in [-0.4, -0.2) is 25.6 Å². The zero-order chi connectivity index (χ0) is 14.4. The number of nitrogens with one attached hydrogen (secondary N) is 2. The molecule has 0 aromatic heterocycles. The Hall–Kier alpha value is -1.55. The molecule has 1 aliphatic rings. The molecule has 0 aliphatic heterocycles. The highest BCUT2D eigenvalue weighted by Crippen LogP contribution is 2.27. The standard InChI is InChI=1S/C16H24N2O2/c1-12(10-17-2)16(19)18-11-13-6-3-4-9-15(13)20-14-7-5-8-14/h3-4,6,9,12,14,17H,5,7-8,10-11H2,1-2H3,(H,18,19). The third kappa shape index (κ3) is 3.97. The summed E-state index contributed by atoms with van der Waals surface area (Å²) in [7, 11) is 1.85. The van der Waals surface area contributed by atoms with Crippen molar-refractivity contribution in [3.8, 4) is 5.75 Å². The Labute approximate surface area is 120 Å². The van der Waals surface area contributed by atoms with Gasteiger partial charge in [0.1, 0.15) is 5.75 Å². The lowest BCUT2D eigenvalue weighted by Crippen LogP contribution is -2.34. The highest BCUT2D eigenvalue weighted by Gasteiger charge is 2.20. The first-order chi connectivity index (χ1) is 9.70. The molecule has 0 spiro atoms. The summed E-state index contributed by atoms with van der Waals surface area (Å²) in [4.78, 5) is 11.9. The Bertz CT molecular complexity index is 444. The number of para-hydroxylation sites is 1. The van der Waals surface area contributed by atoms with E-state index in [-0.39, 0.29) is 11.8 Å². The van der Waals surface area contributed by atoms with Crippen LogP contribution in [0.4, 0.5) is 0 Å². The highest BCUT2D eigenvalue weighted by molar-refractivity contribution is 5.78. The molecular formula is C16H24N2O2. The van der Waals surface area contributed by atoms with Crippen LogP contribution >= 0.6 is 0 Å². The van der Waals surface area contributed by atoms with Gasteiger partial charge in [0.2, 0.25) is 5.91 Å². The van der Waals surface area contributed by atoms with E-state index in [0.717, 1.165) is 24.2 Å². The van der Waals surface area contributed by atoms with Crippen molar-refractivity contribution in [2.24, 2.45) is 5.92 Å². The minimum Gasteiger partial charge on any atom is -0.490 e. The average molecular weight is 276 g/mol. The first kappa shape index (κ1) is 14.9. The van der Waals surface area contributed by atoms with E-state index in [9.17, 15) is 4.79 Å². The van der Waals surface area contributed by atoms with Crippen molar-refractivity contribution >= 4 is 5.91 Å². The minimum absolute atomic E-state index is 0.0280. The molecule has 1 aliphatic carbocycles. The average Bonchev–Trinajstić information content (AvgIpc) is 2.41. The van der Waals surface area contributed by atoms with E-state index < -0.39 is 0 Å². The van der Waals surface area contributed by atoms with Crippen LogP contribution in [0.2, 0.25) is 0 Å². The Morgan fingerprint density at radius 2 is 2.15 bits per heavy atom. The molecule has 1 fully saturated rings. The maximum atomic E-state index is 11.9. The lowest BCUT2D eigenvalue weighted by atomic mass is 9.96. The Morgan fingerprint density at radius 1 is 1.40 bits per heavy atom. The molecule has 0 bridgehead atoms. The number of carbonyl (C=O) groups excluding carboxylic acids is 1. The second-order valence-electron chi connectivity index (χ2n) is 5.46. The van der Waals surface area contributed by atoms with Crippen molar-refractivity contribution < 1.29 is 9.53 Å². The fourth-order valence-corrected chi connectivity index (χ4v) is 2.19. The Morgan fingerprint density at radius 3 is 2.80 bits per heavy atom. The zero-order valence-corrected chi connectivity index (χ0v) is 12.3. The molecule has 1 amide bonds. The van der Waals surface area contributed by atoms with E-state index >= 15 is 0 Å². The number of benzene rings is 1. The Balaban J connectivity index is 1.89. The summed E-state index contributed by atoms with van der Waals surface area (Å²) in [6, 6.07) is 7.95. The number of ether oxygens (including phenoxy) is 1. The highest BCUT2D eigenvalue weighted by atomic mass is 16.5. The van der Waals surface area contributed by atoms with Gasteiger partial charge >= 0.3 is 0 Å². The number of hydrogen-bond donors (Lipinski definition) is 2. The number of rotatable bonds is 7. The number of amides is 1. The third-order valence-electron chi connectivity index (χ3n) is 3.73. The van der Waals surface area contributed by atoms with Gasteiger partial charge in [-0.1, -0.05) is 25.1 Å². The summed E-state index contributed by atoms with van der Waals surface area (Å²) in [6.45, 7) is 3.13. The quantitative estimate of drug-likeness (QED) is 0.802. The first-order valence-electron chi connectivity index (χ1n) is 7.37. The van der Waals surface area contributed by atoms with Crippen LogP contribution in [0.5, 0.6) is 5.75 Å². The molecule has 2 N–H and O–H groups in total. The van der Waals surface area contributed by atoms with E-state index in [1.54, 1.807) is 0 Å². The molecular weight excluding hydrogens is 252 g/mol. The van der Waals surface area contributed by atoms with Crippen LogP contribution in [-0.2, 0) is 11.3 Å². The van der Waals surface area contributed by atoms with Crippen LogP contribution in [0.25, 0.3) is 0 Å². The lowest BCUT2D eigenvalue weighted by molar-refractivity contribution is -0.124. The monoisotopic (exact) mass is 276 g/mol. The normalized spacial score (nSPS) is 16.3. The van der Waals surface area contributed by atoms with Gasteiger partial charge in [-0.05, 0) is 32.4 Å². The molecule has 110 valence electrons. The van der Waals surface area contributed by atoms with Crippen molar-refractivity contribution in [2.45, 2.75) is 38.8 Å². The first-order valence-corrected chi connectivity index (χ1v) is 7.37. The van der Waals surface area contributed by atoms with Gasteiger partial charge in [-0.2, -0.15) is 0 Å². The summed E-state index contributed by atoms with van der Waals surface area (Å²) in [5.74, 6) is 0.941. The molecule has 1 unspecified atom stereocenters. The van der Waals surface area contributed by atoms with Gasteiger partial charge in [0, 0.05) is 24.6 Å². The summed E-state index contributed by atoms with van der Waals surface area (Å²) >= 11 is 0. The van der Waals surface area contributed by atoms with Gasteiger partial charge < -0.3 is 15.4 Å². The predicted octanol–water partition coefficient (Wildman–Crippen LogP) is 2.09. The van der Waals surface area contributed by atoms with Gasteiger partial charge in [0.25, 0.3) is 0 Å². The molecule has 0 radical (unpaired) electrons. The summed E-state index contributed by atoms with van der Waals surface area (Å²) in [6.07, 6.45) is 3.89. The summed E-state index contributed by atoms with van der Waals surface area (Å²) < 4.78 is 5.96. The topological polar surface area (TPSA) is 50.4 Å². The van der Waals surface area contributed by atoms with Crippen LogP contribution in [0.15, 0.2) is 24.3 Å². The summed E-state index contributed by atoms with van der Waals surface area (Å²) in [5, 5.41) is 5.99. The fourth-order valence-electron chi connectivity index (χ4n) is 2.19. The largest absolute Gasteiger partial charge is 0.490 e. The Kier molecular flexibility index (Phi) is 5.41. The van der Waals surface area contributed by atoms with Gasteiger partial charge in [-0.25, -0.2) is 0 Å². The molecule has 2 rings (SSSR count). The van der Waals surface area contributed by atoms with E-state index in [0.29, 0.717) is 19.2 Å². The van der Waals surface area contributed by atoms with E-state index in [1.165, 1.54) is 6.42 Å². The van der Waals surface area contributed by atoms with Crippen molar-refractivity contribution in [3.63, 3.8) is 0 Å². The second-order valence-corrected chi connectivity index (χ2v) is 5.46. The van der Waals surface area contributed by atoms with Gasteiger partial charge in [-0.15, -0.1) is 0 Å². The second kappa shape index (κ2) is 7.29. The van der Waals surface area contributed by atoms with Crippen molar-refractivity contribution in [2.75, 3.05) is 13.6 Å². The van der Waals surface area contributed by atoms with Crippen LogP contribution in [0.1, 0.15) is 31.7 Å². The van der Waals surface area contributed by atoms with Crippen LogP contribution in [0.3, 0.4) is 0 Å². The smallest absolute Gasteiger partial charge is 0.224 e. The molecule has 4 nitrogen and oxygen atoms in total. The molecule has 1 atom stereocenters. The number of hydrogen-bond acceptors (Lipinski definition) is 3.